The molecule has 1 aromatic heterocycles. The molecule has 0 saturated carbocycles. The minimum Gasteiger partial charge on any atom is -0.465 e. The Balaban J connectivity index is 2.37. The number of aromatic nitrogens is 1. The fraction of sp³-hybridized carbons (Fsp3) is 0.200. The summed E-state index contributed by atoms with van der Waals surface area (Å²) < 4.78 is 0. The predicted molar refractivity (Wildman–Crippen MR) is 58.6 cm³/mol. The van der Waals surface area contributed by atoms with E-state index in [1.807, 2.05) is 0 Å². The second-order valence-corrected chi connectivity index (χ2v) is 3.69. The second-order valence-electron chi connectivity index (χ2n) is 3.69. The molecule has 1 fully saturated rings. The van der Waals surface area contributed by atoms with E-state index in [1.165, 1.54) is 12.3 Å². The molecule has 8 nitrogen and oxygen atoms in total. The molecular formula is C10H10N4O4. The number of carbonyl (C=O) groups excluding carboxylic acids is 2. The van der Waals surface area contributed by atoms with Crippen molar-refractivity contribution in [2.75, 3.05) is 6.54 Å². The zero-order chi connectivity index (χ0) is 13.2. The highest BCUT2D eigenvalue weighted by Gasteiger charge is 2.49. The van der Waals surface area contributed by atoms with Gasteiger partial charge in [0.15, 0.2) is 5.54 Å². The molecule has 2 heterocycles. The van der Waals surface area contributed by atoms with Crippen molar-refractivity contribution in [3.05, 3.63) is 30.1 Å². The second kappa shape index (κ2) is 4.32. The molecule has 1 saturated heterocycles. The summed E-state index contributed by atoms with van der Waals surface area (Å²) in [5, 5.41) is 15.2. The fourth-order valence-corrected chi connectivity index (χ4v) is 1.71. The van der Waals surface area contributed by atoms with Crippen LogP contribution in [0.4, 0.5) is 9.59 Å². The third-order valence-electron chi connectivity index (χ3n) is 2.55. The monoisotopic (exact) mass is 250 g/mol. The van der Waals surface area contributed by atoms with Gasteiger partial charge in [0.05, 0.1) is 12.2 Å². The molecule has 0 radical (unpaired) electrons. The van der Waals surface area contributed by atoms with Gasteiger partial charge in [-0.3, -0.25) is 15.1 Å². The van der Waals surface area contributed by atoms with Crippen LogP contribution in [0.5, 0.6) is 0 Å². The zero-order valence-electron chi connectivity index (χ0n) is 9.14. The molecule has 94 valence electrons. The number of pyridine rings is 1. The Labute approximate surface area is 101 Å². The van der Waals surface area contributed by atoms with Crippen LogP contribution < -0.4 is 16.0 Å². The minimum atomic E-state index is -1.50. The third-order valence-corrected chi connectivity index (χ3v) is 2.55. The van der Waals surface area contributed by atoms with Gasteiger partial charge in [0.25, 0.3) is 5.91 Å². The van der Waals surface area contributed by atoms with Crippen LogP contribution in [0.1, 0.15) is 5.69 Å². The topological polar surface area (TPSA) is 120 Å². The van der Waals surface area contributed by atoms with Crippen LogP contribution in [-0.2, 0) is 10.3 Å². The van der Waals surface area contributed by atoms with Gasteiger partial charge in [0, 0.05) is 6.20 Å². The van der Waals surface area contributed by atoms with Gasteiger partial charge in [-0.1, -0.05) is 6.07 Å². The first kappa shape index (κ1) is 11.8. The first-order chi connectivity index (χ1) is 8.54. The van der Waals surface area contributed by atoms with Crippen LogP contribution in [0.25, 0.3) is 0 Å². The van der Waals surface area contributed by atoms with E-state index >= 15 is 0 Å². The lowest BCUT2D eigenvalue weighted by Crippen LogP contribution is -2.52. The number of nitrogens with one attached hydrogen (secondary N) is 3. The molecular weight excluding hydrogens is 240 g/mol. The van der Waals surface area contributed by atoms with Gasteiger partial charge in [0.2, 0.25) is 0 Å². The maximum atomic E-state index is 11.9. The van der Waals surface area contributed by atoms with Crippen molar-refractivity contribution in [2.24, 2.45) is 0 Å². The van der Waals surface area contributed by atoms with Crippen molar-refractivity contribution in [1.29, 1.82) is 0 Å². The van der Waals surface area contributed by atoms with Crippen molar-refractivity contribution >= 4 is 18.0 Å². The smallest absolute Gasteiger partial charge is 0.404 e. The third kappa shape index (κ3) is 1.95. The number of carboxylic acid groups (broad SMARTS) is 1. The Morgan fingerprint density at radius 1 is 1.44 bits per heavy atom. The van der Waals surface area contributed by atoms with E-state index in [0.717, 1.165) is 0 Å². The van der Waals surface area contributed by atoms with Gasteiger partial charge < -0.3 is 15.7 Å². The predicted octanol–water partition coefficient (Wildman–Crippen LogP) is -0.616. The maximum absolute atomic E-state index is 11.9. The average Bonchev–Trinajstić information content (AvgIpc) is 2.64. The molecule has 0 aliphatic carbocycles. The largest absolute Gasteiger partial charge is 0.465 e. The Hall–Kier alpha value is -2.64. The highest BCUT2D eigenvalue weighted by Crippen LogP contribution is 2.22. The van der Waals surface area contributed by atoms with Crippen LogP contribution in [-0.4, -0.2) is 34.7 Å². The summed E-state index contributed by atoms with van der Waals surface area (Å²) in [5.41, 5.74) is -1.24. The summed E-state index contributed by atoms with van der Waals surface area (Å²) in [6, 6.07) is 4.14. The first-order valence-electron chi connectivity index (χ1n) is 5.06. The van der Waals surface area contributed by atoms with Gasteiger partial charge in [-0.25, -0.2) is 9.59 Å². The lowest BCUT2D eigenvalue weighted by Gasteiger charge is -2.24. The molecule has 0 spiro atoms. The van der Waals surface area contributed by atoms with E-state index in [9.17, 15) is 14.4 Å². The summed E-state index contributed by atoms with van der Waals surface area (Å²) in [4.78, 5) is 37.6. The zero-order valence-corrected chi connectivity index (χ0v) is 9.14. The molecule has 0 aromatic carbocycles. The molecule has 0 bridgehead atoms. The Bertz CT molecular complexity index is 504. The molecule has 18 heavy (non-hydrogen) atoms. The van der Waals surface area contributed by atoms with Gasteiger partial charge in [-0.05, 0) is 12.1 Å². The lowest BCUT2D eigenvalue weighted by atomic mass is 9.94. The molecule has 1 unspecified atom stereocenters. The maximum Gasteiger partial charge on any atom is 0.404 e. The van der Waals surface area contributed by atoms with Crippen LogP contribution in [0.3, 0.4) is 0 Å². The van der Waals surface area contributed by atoms with E-state index in [2.05, 4.69) is 20.9 Å². The SMILES string of the molecule is O=C(O)NCC1(c2ccccn2)NC(=O)NC1=O. The van der Waals surface area contributed by atoms with Crippen LogP contribution in [0.2, 0.25) is 0 Å². The van der Waals surface area contributed by atoms with E-state index in [-0.39, 0.29) is 12.2 Å². The van der Waals surface area contributed by atoms with Crippen LogP contribution in [0.15, 0.2) is 24.4 Å². The van der Waals surface area contributed by atoms with Crippen molar-refractivity contribution in [3.63, 3.8) is 0 Å². The summed E-state index contributed by atoms with van der Waals surface area (Å²) >= 11 is 0. The number of carbonyl (C=O) groups is 3. The molecule has 1 atom stereocenters. The van der Waals surface area contributed by atoms with Crippen LogP contribution >= 0.6 is 0 Å². The van der Waals surface area contributed by atoms with E-state index < -0.39 is 23.6 Å². The molecule has 1 aromatic rings. The van der Waals surface area contributed by atoms with E-state index in [1.54, 1.807) is 12.1 Å². The minimum absolute atomic E-state index is 0.266. The van der Waals surface area contributed by atoms with Crippen molar-refractivity contribution in [2.45, 2.75) is 5.54 Å². The van der Waals surface area contributed by atoms with E-state index in [0.29, 0.717) is 0 Å². The first-order valence-corrected chi connectivity index (χ1v) is 5.06. The molecule has 4 amide bonds. The van der Waals surface area contributed by atoms with E-state index in [4.69, 9.17) is 5.11 Å². The number of nitrogens with zero attached hydrogens (tertiary/aromatic N) is 1. The van der Waals surface area contributed by atoms with Gasteiger partial charge in [-0.2, -0.15) is 0 Å². The molecule has 1 aliphatic rings. The number of hydrogen-bond donors (Lipinski definition) is 4. The molecule has 8 heteroatoms. The Morgan fingerprint density at radius 2 is 2.22 bits per heavy atom. The molecule has 4 N–H and O–H groups in total. The number of amides is 4. The normalized spacial score (nSPS) is 22.2. The van der Waals surface area contributed by atoms with Gasteiger partial charge in [-0.15, -0.1) is 0 Å². The van der Waals surface area contributed by atoms with Gasteiger partial charge in [0.1, 0.15) is 0 Å². The van der Waals surface area contributed by atoms with Gasteiger partial charge >= 0.3 is 12.1 Å². The van der Waals surface area contributed by atoms with Crippen molar-refractivity contribution in [1.82, 2.24) is 20.9 Å². The summed E-state index contributed by atoms with van der Waals surface area (Å²) in [6.45, 7) is -0.295. The highest BCUT2D eigenvalue weighted by atomic mass is 16.4. The standard InChI is InChI=1S/C10H10N4O4/c15-7-10(5-12-9(17)18,14-8(16)13-7)6-3-1-2-4-11-6/h1-4,12H,5H2,(H,17,18)(H2,13,14,15,16). The number of rotatable bonds is 3. The van der Waals surface area contributed by atoms with Crippen molar-refractivity contribution < 1.29 is 19.5 Å². The summed E-state index contributed by atoms with van der Waals surface area (Å²) in [5.74, 6) is -0.639. The Morgan fingerprint density at radius 3 is 2.72 bits per heavy atom. The lowest BCUT2D eigenvalue weighted by molar-refractivity contribution is -0.124. The summed E-state index contributed by atoms with van der Waals surface area (Å²) in [7, 11) is 0. The highest BCUT2D eigenvalue weighted by molar-refractivity contribution is 6.07. The Kier molecular flexibility index (Phi) is 2.84. The number of urea groups is 1. The number of hydrogen-bond acceptors (Lipinski definition) is 4. The quantitative estimate of drug-likeness (QED) is 0.533. The number of imide groups is 1. The molecule has 1 aliphatic heterocycles. The average molecular weight is 250 g/mol. The fourth-order valence-electron chi connectivity index (χ4n) is 1.71. The van der Waals surface area contributed by atoms with Crippen LogP contribution in [0, 0.1) is 0 Å². The summed E-state index contributed by atoms with van der Waals surface area (Å²) in [6.07, 6.45) is 0.162. The van der Waals surface area contributed by atoms with Crippen molar-refractivity contribution in [3.8, 4) is 0 Å². The molecule has 2 rings (SSSR count).